The first-order chi connectivity index (χ1) is 12.1. The number of aliphatic hydroxyl groups is 1. The predicted molar refractivity (Wildman–Crippen MR) is 99.0 cm³/mol. The quantitative estimate of drug-likeness (QED) is 0.889. The minimum atomic E-state index is -0.170. The van der Waals surface area contributed by atoms with Crippen molar-refractivity contribution in [1.29, 1.82) is 0 Å². The van der Waals surface area contributed by atoms with E-state index in [-0.39, 0.29) is 12.5 Å². The van der Waals surface area contributed by atoms with Crippen molar-refractivity contribution in [2.24, 2.45) is 0 Å². The van der Waals surface area contributed by atoms with Gasteiger partial charge in [0.2, 0.25) is 0 Å². The lowest BCUT2D eigenvalue weighted by Gasteiger charge is -2.33. The summed E-state index contributed by atoms with van der Waals surface area (Å²) in [5.74, 6) is 0.664. The number of nitrogens with one attached hydrogen (secondary N) is 1. The zero-order valence-electron chi connectivity index (χ0n) is 14.7. The van der Waals surface area contributed by atoms with E-state index in [1.165, 1.54) is 0 Å². The van der Waals surface area contributed by atoms with E-state index < -0.39 is 0 Å². The van der Waals surface area contributed by atoms with Gasteiger partial charge < -0.3 is 20.2 Å². The number of carbonyl (C=O) groups excluding carboxylic acids is 1. The van der Waals surface area contributed by atoms with E-state index in [0.29, 0.717) is 5.56 Å². The Balaban J connectivity index is 1.75. The van der Waals surface area contributed by atoms with Crippen LogP contribution in [0.5, 0.6) is 0 Å². The van der Waals surface area contributed by atoms with Crippen molar-refractivity contribution in [1.82, 2.24) is 9.88 Å². The van der Waals surface area contributed by atoms with Crippen LogP contribution in [0.25, 0.3) is 0 Å². The highest BCUT2D eigenvalue weighted by atomic mass is 16.3. The molecule has 2 aromatic rings. The maximum Gasteiger partial charge on any atom is 0.255 e. The number of aryl methyl sites for hydroxylation is 1. The number of nitrogens with zero attached hydrogens (tertiary/aromatic N) is 3. The molecule has 132 valence electrons. The van der Waals surface area contributed by atoms with Gasteiger partial charge in [-0.2, -0.15) is 0 Å². The van der Waals surface area contributed by atoms with Crippen molar-refractivity contribution in [3.8, 4) is 0 Å². The number of amides is 1. The second-order valence-corrected chi connectivity index (χ2v) is 6.45. The Labute approximate surface area is 148 Å². The molecule has 1 aliphatic rings. The lowest BCUT2D eigenvalue weighted by molar-refractivity contribution is 0.102. The van der Waals surface area contributed by atoms with E-state index in [0.717, 1.165) is 48.8 Å². The molecule has 1 saturated heterocycles. The Morgan fingerprint density at radius 2 is 1.96 bits per heavy atom. The number of carbonyl (C=O) groups is 1. The van der Waals surface area contributed by atoms with Crippen LogP contribution in [-0.4, -0.2) is 54.1 Å². The molecule has 0 atom stereocenters. The zero-order valence-corrected chi connectivity index (χ0v) is 14.7. The second-order valence-electron chi connectivity index (χ2n) is 6.45. The molecule has 0 radical (unpaired) electrons. The molecule has 6 heteroatoms. The van der Waals surface area contributed by atoms with Crippen molar-refractivity contribution >= 4 is 17.4 Å². The van der Waals surface area contributed by atoms with Gasteiger partial charge >= 0.3 is 0 Å². The summed E-state index contributed by atoms with van der Waals surface area (Å²) >= 11 is 0. The lowest BCUT2D eigenvalue weighted by Crippen LogP contribution is -2.44. The van der Waals surface area contributed by atoms with E-state index in [9.17, 15) is 9.90 Å². The van der Waals surface area contributed by atoms with Gasteiger partial charge in [-0.1, -0.05) is 12.1 Å². The summed E-state index contributed by atoms with van der Waals surface area (Å²) < 4.78 is 0. The van der Waals surface area contributed by atoms with Crippen LogP contribution < -0.4 is 10.2 Å². The fourth-order valence-corrected chi connectivity index (χ4v) is 2.86. The minimum absolute atomic E-state index is 0.0496. The van der Waals surface area contributed by atoms with Gasteiger partial charge in [0.05, 0.1) is 6.61 Å². The Bertz CT molecular complexity index is 755. The van der Waals surface area contributed by atoms with Crippen molar-refractivity contribution in [3.63, 3.8) is 0 Å². The molecule has 0 aliphatic carbocycles. The van der Waals surface area contributed by atoms with Crippen LogP contribution in [0.2, 0.25) is 0 Å². The molecule has 1 amide bonds. The van der Waals surface area contributed by atoms with Crippen LogP contribution >= 0.6 is 0 Å². The van der Waals surface area contributed by atoms with E-state index in [2.05, 4.69) is 27.1 Å². The highest BCUT2D eigenvalue weighted by Crippen LogP contribution is 2.20. The van der Waals surface area contributed by atoms with Crippen LogP contribution in [0.3, 0.4) is 0 Å². The van der Waals surface area contributed by atoms with E-state index in [1.54, 1.807) is 18.3 Å². The second kappa shape index (κ2) is 7.63. The van der Waals surface area contributed by atoms with Crippen LogP contribution in [0.15, 0.2) is 36.5 Å². The summed E-state index contributed by atoms with van der Waals surface area (Å²) in [7, 11) is 2.11. The van der Waals surface area contributed by atoms with Gasteiger partial charge in [-0.15, -0.1) is 0 Å². The molecule has 1 fully saturated rings. The molecule has 0 unspecified atom stereocenters. The van der Waals surface area contributed by atoms with Crippen molar-refractivity contribution in [2.75, 3.05) is 43.4 Å². The van der Waals surface area contributed by atoms with Crippen molar-refractivity contribution < 1.29 is 9.90 Å². The number of likely N-dealkylation sites (N-methyl/N-ethyl adjacent to an activating group) is 1. The summed E-state index contributed by atoms with van der Waals surface area (Å²) in [4.78, 5) is 21.5. The summed E-state index contributed by atoms with van der Waals surface area (Å²) in [6.07, 6.45) is 1.68. The third-order valence-electron chi connectivity index (χ3n) is 4.57. The summed E-state index contributed by atoms with van der Waals surface area (Å²) in [6.45, 7) is 5.68. The highest BCUT2D eigenvalue weighted by Gasteiger charge is 2.17. The average molecular weight is 340 g/mol. The van der Waals surface area contributed by atoms with Crippen molar-refractivity contribution in [2.45, 2.75) is 13.5 Å². The lowest BCUT2D eigenvalue weighted by atomic mass is 10.1. The summed E-state index contributed by atoms with van der Waals surface area (Å²) in [5.41, 5.74) is 3.03. The number of benzene rings is 1. The molecule has 2 heterocycles. The first-order valence-electron chi connectivity index (χ1n) is 8.48. The number of pyridine rings is 1. The van der Waals surface area contributed by atoms with Gasteiger partial charge in [0.15, 0.2) is 0 Å². The third kappa shape index (κ3) is 4.15. The molecular formula is C19H24N4O2. The van der Waals surface area contributed by atoms with Crippen LogP contribution in [0.1, 0.15) is 21.5 Å². The number of anilines is 2. The Kier molecular flexibility index (Phi) is 5.31. The SMILES string of the molecule is Cc1ccc(CO)cc1NC(=O)c1ccnc(N2CCN(C)CC2)c1. The van der Waals surface area contributed by atoms with Crippen molar-refractivity contribution in [3.05, 3.63) is 53.2 Å². The van der Waals surface area contributed by atoms with Gasteiger partial charge in [0.1, 0.15) is 5.82 Å². The molecule has 1 aromatic carbocycles. The number of piperazine rings is 1. The first kappa shape index (κ1) is 17.4. The fraction of sp³-hybridized carbons (Fsp3) is 0.368. The van der Waals surface area contributed by atoms with E-state index in [1.807, 2.05) is 25.1 Å². The van der Waals surface area contributed by atoms with Gasteiger partial charge in [-0.3, -0.25) is 4.79 Å². The number of hydrogen-bond donors (Lipinski definition) is 2. The Morgan fingerprint density at radius 3 is 2.68 bits per heavy atom. The maximum atomic E-state index is 12.6. The monoisotopic (exact) mass is 340 g/mol. The third-order valence-corrected chi connectivity index (χ3v) is 4.57. The smallest absolute Gasteiger partial charge is 0.255 e. The molecule has 1 aromatic heterocycles. The molecule has 1 aliphatic heterocycles. The predicted octanol–water partition coefficient (Wildman–Crippen LogP) is 1.89. The molecular weight excluding hydrogens is 316 g/mol. The number of aliphatic hydroxyl groups excluding tert-OH is 1. The number of aromatic nitrogens is 1. The van der Waals surface area contributed by atoms with Crippen LogP contribution in [0, 0.1) is 6.92 Å². The first-order valence-corrected chi connectivity index (χ1v) is 8.48. The summed E-state index contributed by atoms with van der Waals surface area (Å²) in [5, 5.41) is 12.2. The highest BCUT2D eigenvalue weighted by molar-refractivity contribution is 6.05. The molecule has 0 bridgehead atoms. The minimum Gasteiger partial charge on any atom is -0.392 e. The molecule has 0 spiro atoms. The van der Waals surface area contributed by atoms with Gasteiger partial charge in [0.25, 0.3) is 5.91 Å². The topological polar surface area (TPSA) is 68.7 Å². The standard InChI is InChI=1S/C19H24N4O2/c1-14-3-4-15(13-24)11-17(14)21-19(25)16-5-6-20-18(12-16)23-9-7-22(2)8-10-23/h3-6,11-12,24H,7-10,13H2,1-2H3,(H,21,25). The van der Waals surface area contributed by atoms with Crippen LogP contribution in [-0.2, 0) is 6.61 Å². The Morgan fingerprint density at radius 1 is 1.20 bits per heavy atom. The summed E-state index contributed by atoms with van der Waals surface area (Å²) in [6, 6.07) is 9.11. The largest absolute Gasteiger partial charge is 0.392 e. The molecule has 0 saturated carbocycles. The van der Waals surface area contributed by atoms with E-state index in [4.69, 9.17) is 0 Å². The molecule has 2 N–H and O–H groups in total. The average Bonchev–Trinajstić information content (AvgIpc) is 2.64. The molecule has 3 rings (SSSR count). The maximum absolute atomic E-state index is 12.6. The van der Waals surface area contributed by atoms with Gasteiger partial charge in [-0.25, -0.2) is 4.98 Å². The normalized spacial score (nSPS) is 15.2. The van der Waals surface area contributed by atoms with Gasteiger partial charge in [0, 0.05) is 43.6 Å². The van der Waals surface area contributed by atoms with Crippen LogP contribution in [0.4, 0.5) is 11.5 Å². The number of hydrogen-bond acceptors (Lipinski definition) is 5. The molecule has 25 heavy (non-hydrogen) atoms. The van der Waals surface area contributed by atoms with E-state index >= 15 is 0 Å². The number of rotatable bonds is 4. The zero-order chi connectivity index (χ0) is 17.8. The molecule has 6 nitrogen and oxygen atoms in total. The van der Waals surface area contributed by atoms with Gasteiger partial charge in [-0.05, 0) is 43.3 Å². The fourth-order valence-electron chi connectivity index (χ4n) is 2.86. The Hall–Kier alpha value is -2.44.